The molecule has 1 aromatic rings. The van der Waals surface area contributed by atoms with E-state index in [0.29, 0.717) is 5.56 Å². The lowest BCUT2D eigenvalue weighted by molar-refractivity contribution is -0.0518. The number of alkyl halides is 2. The highest BCUT2D eigenvalue weighted by Crippen LogP contribution is 2.30. The molecule has 0 saturated carbocycles. The number of halogens is 2. The zero-order valence-corrected chi connectivity index (χ0v) is 9.27. The van der Waals surface area contributed by atoms with Gasteiger partial charge in [-0.15, -0.1) is 0 Å². The molecular formula is C12H15F2NO2. The summed E-state index contributed by atoms with van der Waals surface area (Å²) in [5, 5.41) is 13.3. The van der Waals surface area contributed by atoms with Gasteiger partial charge < -0.3 is 15.2 Å². The maximum absolute atomic E-state index is 12.2. The van der Waals surface area contributed by atoms with Gasteiger partial charge in [-0.2, -0.15) is 8.78 Å². The first kappa shape index (κ1) is 12.3. The number of ether oxygens (including phenoxy) is 1. The Morgan fingerprint density at radius 3 is 2.76 bits per heavy atom. The minimum absolute atomic E-state index is 0.0451. The van der Waals surface area contributed by atoms with E-state index >= 15 is 0 Å². The van der Waals surface area contributed by atoms with Gasteiger partial charge in [0.15, 0.2) is 0 Å². The molecule has 1 saturated heterocycles. The van der Waals surface area contributed by atoms with Gasteiger partial charge in [-0.25, -0.2) is 0 Å². The summed E-state index contributed by atoms with van der Waals surface area (Å²) in [7, 11) is 0. The molecule has 1 heterocycles. The summed E-state index contributed by atoms with van der Waals surface area (Å²) in [6.45, 7) is -2.03. The second-order valence-electron chi connectivity index (χ2n) is 4.06. The molecular weight excluding hydrogens is 228 g/mol. The summed E-state index contributed by atoms with van der Waals surface area (Å²) in [4.78, 5) is 0. The van der Waals surface area contributed by atoms with Crippen LogP contribution in [0.15, 0.2) is 24.3 Å². The SMILES string of the molecule is OC(c1ccccc1OC(F)F)C1CCCN1. The first-order valence-electron chi connectivity index (χ1n) is 5.63. The Balaban J connectivity index is 2.18. The maximum Gasteiger partial charge on any atom is 0.387 e. The van der Waals surface area contributed by atoms with Crippen molar-refractivity contribution in [1.82, 2.24) is 5.32 Å². The summed E-state index contributed by atoms with van der Waals surface area (Å²) in [5.41, 5.74) is 0.409. The molecule has 94 valence electrons. The normalized spacial score (nSPS) is 21.8. The molecule has 1 aromatic carbocycles. The van der Waals surface area contributed by atoms with Crippen LogP contribution >= 0.6 is 0 Å². The van der Waals surface area contributed by atoms with Crippen LogP contribution in [0.25, 0.3) is 0 Å². The van der Waals surface area contributed by atoms with Crippen molar-refractivity contribution >= 4 is 0 Å². The zero-order chi connectivity index (χ0) is 12.3. The third kappa shape index (κ3) is 2.92. The molecule has 0 bridgehead atoms. The Kier molecular flexibility index (Phi) is 3.91. The van der Waals surface area contributed by atoms with Crippen LogP contribution in [0.2, 0.25) is 0 Å². The van der Waals surface area contributed by atoms with E-state index in [9.17, 15) is 13.9 Å². The van der Waals surface area contributed by atoms with Gasteiger partial charge in [0.1, 0.15) is 5.75 Å². The smallest absolute Gasteiger partial charge is 0.387 e. The molecule has 3 nitrogen and oxygen atoms in total. The first-order chi connectivity index (χ1) is 8.18. The molecule has 0 radical (unpaired) electrons. The van der Waals surface area contributed by atoms with Crippen LogP contribution in [0.3, 0.4) is 0 Å². The lowest BCUT2D eigenvalue weighted by Gasteiger charge is -2.21. The number of hydrogen-bond acceptors (Lipinski definition) is 3. The maximum atomic E-state index is 12.2. The van der Waals surface area contributed by atoms with Crippen molar-refractivity contribution in [3.63, 3.8) is 0 Å². The molecule has 1 fully saturated rings. The van der Waals surface area contributed by atoms with E-state index in [0.717, 1.165) is 19.4 Å². The molecule has 2 N–H and O–H groups in total. The molecule has 17 heavy (non-hydrogen) atoms. The number of rotatable bonds is 4. The average Bonchev–Trinajstić information content (AvgIpc) is 2.81. The largest absolute Gasteiger partial charge is 0.434 e. The average molecular weight is 243 g/mol. The van der Waals surface area contributed by atoms with Gasteiger partial charge >= 0.3 is 6.61 Å². The molecule has 1 aliphatic rings. The molecule has 0 spiro atoms. The molecule has 0 amide bonds. The van der Waals surface area contributed by atoms with Gasteiger partial charge in [0.05, 0.1) is 6.10 Å². The molecule has 0 aliphatic carbocycles. The third-order valence-electron chi connectivity index (χ3n) is 2.93. The topological polar surface area (TPSA) is 41.5 Å². The fourth-order valence-electron chi connectivity index (χ4n) is 2.13. The summed E-state index contributed by atoms with van der Waals surface area (Å²) in [6, 6.07) is 6.28. The van der Waals surface area contributed by atoms with Crippen LogP contribution in [0.1, 0.15) is 24.5 Å². The predicted molar refractivity (Wildman–Crippen MR) is 59.1 cm³/mol. The van der Waals surface area contributed by atoms with Crippen molar-refractivity contribution in [3.05, 3.63) is 29.8 Å². The number of aliphatic hydroxyl groups is 1. The van der Waals surface area contributed by atoms with Crippen LogP contribution in [0.5, 0.6) is 5.75 Å². The van der Waals surface area contributed by atoms with E-state index in [1.165, 1.54) is 6.07 Å². The van der Waals surface area contributed by atoms with E-state index in [4.69, 9.17) is 0 Å². The van der Waals surface area contributed by atoms with E-state index in [1.807, 2.05) is 0 Å². The second kappa shape index (κ2) is 5.42. The van der Waals surface area contributed by atoms with Crippen LogP contribution in [-0.2, 0) is 0 Å². The Morgan fingerprint density at radius 1 is 1.35 bits per heavy atom. The standard InChI is InChI=1S/C12H15F2NO2/c13-12(14)17-10-6-2-1-4-8(10)11(16)9-5-3-7-15-9/h1-2,4,6,9,11-12,15-16H,3,5,7H2. The Bertz CT molecular complexity index is 367. The molecule has 5 heteroatoms. The Labute approximate surface area is 98.4 Å². The third-order valence-corrected chi connectivity index (χ3v) is 2.93. The number of hydrogen-bond donors (Lipinski definition) is 2. The van der Waals surface area contributed by atoms with Gasteiger partial charge in [0.2, 0.25) is 0 Å². The van der Waals surface area contributed by atoms with Gasteiger partial charge in [-0.1, -0.05) is 18.2 Å². The zero-order valence-electron chi connectivity index (χ0n) is 9.27. The van der Waals surface area contributed by atoms with Crippen molar-refractivity contribution in [2.45, 2.75) is 31.6 Å². The number of aliphatic hydroxyl groups excluding tert-OH is 1. The van der Waals surface area contributed by atoms with E-state index < -0.39 is 12.7 Å². The van der Waals surface area contributed by atoms with Gasteiger partial charge in [0.25, 0.3) is 0 Å². The van der Waals surface area contributed by atoms with Crippen molar-refractivity contribution in [3.8, 4) is 5.75 Å². The van der Waals surface area contributed by atoms with Gasteiger partial charge in [-0.05, 0) is 25.5 Å². The highest BCUT2D eigenvalue weighted by atomic mass is 19.3. The van der Waals surface area contributed by atoms with Crippen molar-refractivity contribution in [2.24, 2.45) is 0 Å². The van der Waals surface area contributed by atoms with E-state index in [-0.39, 0.29) is 11.8 Å². The molecule has 2 atom stereocenters. The number of para-hydroxylation sites is 1. The second-order valence-corrected chi connectivity index (χ2v) is 4.06. The Hall–Kier alpha value is -1.20. The highest BCUT2D eigenvalue weighted by Gasteiger charge is 2.26. The predicted octanol–water partition coefficient (Wildman–Crippen LogP) is 2.07. The highest BCUT2D eigenvalue weighted by molar-refractivity contribution is 5.36. The van der Waals surface area contributed by atoms with Crippen molar-refractivity contribution in [2.75, 3.05) is 6.54 Å². The number of nitrogens with one attached hydrogen (secondary N) is 1. The first-order valence-corrected chi connectivity index (χ1v) is 5.63. The van der Waals surface area contributed by atoms with Crippen LogP contribution in [0, 0.1) is 0 Å². The van der Waals surface area contributed by atoms with Crippen LogP contribution in [0.4, 0.5) is 8.78 Å². The summed E-state index contributed by atoms with van der Waals surface area (Å²) < 4.78 is 28.8. The quantitative estimate of drug-likeness (QED) is 0.850. The fraction of sp³-hybridized carbons (Fsp3) is 0.500. The van der Waals surface area contributed by atoms with Crippen LogP contribution < -0.4 is 10.1 Å². The lowest BCUT2D eigenvalue weighted by Crippen LogP contribution is -2.29. The van der Waals surface area contributed by atoms with Gasteiger partial charge in [0, 0.05) is 11.6 Å². The molecule has 1 aliphatic heterocycles. The van der Waals surface area contributed by atoms with Crippen LogP contribution in [-0.4, -0.2) is 24.3 Å². The van der Waals surface area contributed by atoms with Gasteiger partial charge in [-0.3, -0.25) is 0 Å². The summed E-state index contributed by atoms with van der Waals surface area (Å²) in [6.07, 6.45) is 1.01. The minimum atomic E-state index is -2.88. The van der Waals surface area contributed by atoms with E-state index in [2.05, 4.69) is 10.1 Å². The monoisotopic (exact) mass is 243 g/mol. The molecule has 2 unspecified atom stereocenters. The summed E-state index contributed by atoms with van der Waals surface area (Å²) in [5.74, 6) is 0.0451. The molecule has 2 rings (SSSR count). The minimum Gasteiger partial charge on any atom is -0.434 e. The Morgan fingerprint density at radius 2 is 2.12 bits per heavy atom. The van der Waals surface area contributed by atoms with E-state index in [1.54, 1.807) is 18.2 Å². The fourth-order valence-corrected chi connectivity index (χ4v) is 2.13. The summed E-state index contributed by atoms with van der Waals surface area (Å²) >= 11 is 0. The van der Waals surface area contributed by atoms with Crippen molar-refractivity contribution < 1.29 is 18.6 Å². The van der Waals surface area contributed by atoms with Crippen molar-refractivity contribution in [1.29, 1.82) is 0 Å². The molecule has 0 aromatic heterocycles. The lowest BCUT2D eigenvalue weighted by atomic mass is 10.0. The number of benzene rings is 1.